The van der Waals surface area contributed by atoms with Crippen molar-refractivity contribution >= 4 is 6.08 Å². The summed E-state index contributed by atoms with van der Waals surface area (Å²) < 4.78 is 16.7. The normalized spacial score (nSPS) is 15.0. The van der Waals surface area contributed by atoms with Crippen LogP contribution in [-0.4, -0.2) is 32.4 Å². The molecule has 0 saturated carbocycles. The molecule has 1 aliphatic rings. The Kier molecular flexibility index (Phi) is 4.78. The molecule has 0 unspecified atom stereocenters. The van der Waals surface area contributed by atoms with E-state index in [9.17, 15) is 0 Å². The van der Waals surface area contributed by atoms with Crippen LogP contribution in [-0.2, 0) is 0 Å². The van der Waals surface area contributed by atoms with E-state index < -0.39 is 0 Å². The minimum atomic E-state index is 0.111. The van der Waals surface area contributed by atoms with Crippen LogP contribution in [0.3, 0.4) is 0 Å². The molecule has 0 spiro atoms. The molecule has 0 fully saturated rings. The SMILES string of the molecule is COc1cc(C=C(C)CNC(C)(C)C)cc2c1OCCO2. The molecule has 0 saturated heterocycles. The lowest BCUT2D eigenvalue weighted by atomic mass is 10.1. The molecule has 1 N–H and O–H groups in total. The first-order chi connectivity index (χ1) is 9.89. The Hall–Kier alpha value is -1.68. The van der Waals surface area contributed by atoms with Gasteiger partial charge >= 0.3 is 0 Å². The Morgan fingerprint density at radius 3 is 2.67 bits per heavy atom. The molecule has 0 atom stereocenters. The van der Waals surface area contributed by atoms with Gasteiger partial charge in [0.05, 0.1) is 7.11 Å². The highest BCUT2D eigenvalue weighted by atomic mass is 16.6. The molecule has 4 nitrogen and oxygen atoms in total. The maximum absolute atomic E-state index is 5.65. The summed E-state index contributed by atoms with van der Waals surface area (Å²) >= 11 is 0. The summed E-state index contributed by atoms with van der Waals surface area (Å²) in [6.45, 7) is 10.6. The average Bonchev–Trinajstić information content (AvgIpc) is 2.43. The van der Waals surface area contributed by atoms with Crippen molar-refractivity contribution in [2.75, 3.05) is 26.9 Å². The summed E-state index contributed by atoms with van der Waals surface area (Å²) in [6.07, 6.45) is 2.14. The molecule has 1 aromatic carbocycles. The lowest BCUT2D eigenvalue weighted by Crippen LogP contribution is -2.36. The van der Waals surface area contributed by atoms with E-state index in [0.717, 1.165) is 23.6 Å². The quantitative estimate of drug-likeness (QED) is 0.924. The van der Waals surface area contributed by atoms with Crippen molar-refractivity contribution < 1.29 is 14.2 Å². The predicted octanol–water partition coefficient (Wildman–Crippen LogP) is 3.26. The van der Waals surface area contributed by atoms with Gasteiger partial charge in [0.25, 0.3) is 0 Å². The first-order valence-electron chi connectivity index (χ1n) is 7.29. The lowest BCUT2D eigenvalue weighted by Gasteiger charge is -2.22. The van der Waals surface area contributed by atoms with Gasteiger partial charge in [0.15, 0.2) is 11.5 Å². The van der Waals surface area contributed by atoms with Crippen LogP contribution < -0.4 is 19.5 Å². The van der Waals surface area contributed by atoms with Crippen molar-refractivity contribution in [1.29, 1.82) is 0 Å². The number of methoxy groups -OCH3 is 1. The zero-order valence-corrected chi connectivity index (χ0v) is 13.6. The Morgan fingerprint density at radius 2 is 2.00 bits per heavy atom. The third kappa shape index (κ3) is 4.39. The van der Waals surface area contributed by atoms with Crippen molar-refractivity contribution in [3.8, 4) is 17.2 Å². The third-order valence-corrected chi connectivity index (χ3v) is 3.16. The van der Waals surface area contributed by atoms with Gasteiger partial charge in [-0.15, -0.1) is 0 Å². The number of nitrogens with one attached hydrogen (secondary N) is 1. The molecular weight excluding hydrogens is 266 g/mol. The van der Waals surface area contributed by atoms with Crippen LogP contribution in [0.4, 0.5) is 0 Å². The smallest absolute Gasteiger partial charge is 0.203 e. The van der Waals surface area contributed by atoms with Gasteiger partial charge in [-0.1, -0.05) is 11.6 Å². The van der Waals surface area contributed by atoms with E-state index in [1.165, 1.54) is 5.57 Å². The number of ether oxygens (including phenoxy) is 3. The number of benzene rings is 1. The molecule has 1 aromatic rings. The van der Waals surface area contributed by atoms with E-state index in [2.05, 4.69) is 39.1 Å². The second-order valence-electron chi connectivity index (χ2n) is 6.34. The second-order valence-corrected chi connectivity index (χ2v) is 6.34. The molecule has 0 bridgehead atoms. The van der Waals surface area contributed by atoms with Crippen molar-refractivity contribution in [3.05, 3.63) is 23.3 Å². The van der Waals surface area contributed by atoms with Crippen LogP contribution >= 0.6 is 0 Å². The Bertz CT molecular complexity index is 512. The van der Waals surface area contributed by atoms with Crippen LogP contribution in [0, 0.1) is 0 Å². The minimum Gasteiger partial charge on any atom is -0.493 e. The predicted molar refractivity (Wildman–Crippen MR) is 85.4 cm³/mol. The molecule has 2 rings (SSSR count). The van der Waals surface area contributed by atoms with Crippen LogP contribution in [0.5, 0.6) is 17.2 Å². The van der Waals surface area contributed by atoms with Crippen LogP contribution in [0.1, 0.15) is 33.3 Å². The molecule has 116 valence electrons. The number of rotatable bonds is 4. The topological polar surface area (TPSA) is 39.7 Å². The molecule has 0 aliphatic carbocycles. The fraction of sp³-hybridized carbons (Fsp3) is 0.529. The van der Waals surface area contributed by atoms with Gasteiger partial charge in [0.2, 0.25) is 5.75 Å². The van der Waals surface area contributed by atoms with E-state index >= 15 is 0 Å². The first kappa shape index (κ1) is 15.7. The Morgan fingerprint density at radius 1 is 1.29 bits per heavy atom. The third-order valence-electron chi connectivity index (χ3n) is 3.16. The fourth-order valence-corrected chi connectivity index (χ4v) is 2.12. The highest BCUT2D eigenvalue weighted by Crippen LogP contribution is 2.40. The fourth-order valence-electron chi connectivity index (χ4n) is 2.12. The van der Waals surface area contributed by atoms with E-state index in [-0.39, 0.29) is 5.54 Å². The van der Waals surface area contributed by atoms with Crippen molar-refractivity contribution in [2.24, 2.45) is 0 Å². The minimum absolute atomic E-state index is 0.111. The summed E-state index contributed by atoms with van der Waals surface area (Å²) in [5.74, 6) is 2.17. The summed E-state index contributed by atoms with van der Waals surface area (Å²) in [6, 6.07) is 3.98. The monoisotopic (exact) mass is 291 g/mol. The first-order valence-corrected chi connectivity index (χ1v) is 7.29. The second kappa shape index (κ2) is 6.39. The van der Waals surface area contributed by atoms with Crippen LogP contribution in [0.15, 0.2) is 17.7 Å². The zero-order chi connectivity index (χ0) is 15.5. The maximum atomic E-state index is 5.65. The molecule has 1 aliphatic heterocycles. The van der Waals surface area contributed by atoms with Gasteiger partial charge in [-0.25, -0.2) is 0 Å². The highest BCUT2D eigenvalue weighted by molar-refractivity contribution is 5.63. The summed E-state index contributed by atoms with van der Waals surface area (Å²) in [5, 5.41) is 3.48. The van der Waals surface area contributed by atoms with Crippen LogP contribution in [0.25, 0.3) is 6.08 Å². The summed E-state index contributed by atoms with van der Waals surface area (Å²) in [4.78, 5) is 0. The van der Waals surface area contributed by atoms with Crippen molar-refractivity contribution in [3.63, 3.8) is 0 Å². The molecule has 21 heavy (non-hydrogen) atoms. The van der Waals surface area contributed by atoms with Crippen molar-refractivity contribution in [2.45, 2.75) is 33.2 Å². The van der Waals surface area contributed by atoms with Gasteiger partial charge < -0.3 is 19.5 Å². The number of hydrogen-bond acceptors (Lipinski definition) is 4. The molecule has 0 amide bonds. The Balaban J connectivity index is 2.20. The van der Waals surface area contributed by atoms with Gasteiger partial charge in [-0.2, -0.15) is 0 Å². The van der Waals surface area contributed by atoms with Gasteiger partial charge in [-0.3, -0.25) is 0 Å². The molecule has 0 radical (unpaired) electrons. The van der Waals surface area contributed by atoms with Gasteiger partial charge in [0, 0.05) is 12.1 Å². The summed E-state index contributed by atoms with van der Waals surface area (Å²) in [7, 11) is 1.65. The Labute approximate surface area is 127 Å². The maximum Gasteiger partial charge on any atom is 0.203 e. The largest absolute Gasteiger partial charge is 0.493 e. The number of fused-ring (bicyclic) bond motifs is 1. The molecule has 0 aromatic heterocycles. The average molecular weight is 291 g/mol. The molecule has 4 heteroatoms. The van der Waals surface area contributed by atoms with E-state index in [0.29, 0.717) is 19.0 Å². The van der Waals surface area contributed by atoms with Gasteiger partial charge in [-0.05, 0) is 45.4 Å². The van der Waals surface area contributed by atoms with Crippen molar-refractivity contribution in [1.82, 2.24) is 5.32 Å². The highest BCUT2D eigenvalue weighted by Gasteiger charge is 2.18. The number of hydrogen-bond donors (Lipinski definition) is 1. The van der Waals surface area contributed by atoms with Crippen LogP contribution in [0.2, 0.25) is 0 Å². The molecule has 1 heterocycles. The van der Waals surface area contributed by atoms with E-state index in [4.69, 9.17) is 14.2 Å². The van der Waals surface area contributed by atoms with E-state index in [1.54, 1.807) is 7.11 Å². The van der Waals surface area contributed by atoms with E-state index in [1.807, 2.05) is 12.1 Å². The zero-order valence-electron chi connectivity index (χ0n) is 13.6. The summed E-state index contributed by atoms with van der Waals surface area (Å²) in [5.41, 5.74) is 2.42. The van der Waals surface area contributed by atoms with Gasteiger partial charge in [0.1, 0.15) is 13.2 Å². The molecular formula is C17H25NO3. The standard InChI is InChI=1S/C17H25NO3/c1-12(11-18-17(2,3)4)8-13-9-14(19-5)16-15(10-13)20-6-7-21-16/h8-10,18H,6-7,11H2,1-5H3. The lowest BCUT2D eigenvalue weighted by molar-refractivity contribution is 0.165.